The Morgan fingerprint density at radius 1 is 0.750 bits per heavy atom. The number of halogens is 13. The van der Waals surface area contributed by atoms with E-state index in [1.807, 2.05) is 5.32 Å². The van der Waals surface area contributed by atoms with Crippen LogP contribution in [0.1, 0.15) is 29.3 Å². The normalized spacial score (nSPS) is 13.8. The average Bonchev–Trinajstić information content (AvgIpc) is 2.80. The van der Waals surface area contributed by atoms with Gasteiger partial charge in [-0.25, -0.2) is 9.47 Å². The van der Waals surface area contributed by atoms with Gasteiger partial charge in [0.2, 0.25) is 0 Å². The van der Waals surface area contributed by atoms with Crippen molar-refractivity contribution in [1.29, 1.82) is 0 Å². The lowest BCUT2D eigenvalue weighted by atomic mass is 10.1. The van der Waals surface area contributed by atoms with E-state index in [-0.39, 0.29) is 30.1 Å². The van der Waals surface area contributed by atoms with Gasteiger partial charge in [-0.1, -0.05) is 25.1 Å². The van der Waals surface area contributed by atoms with Crippen molar-refractivity contribution in [3.8, 4) is 5.75 Å². The molecule has 0 atom stereocenters. The summed E-state index contributed by atoms with van der Waals surface area (Å²) in [7, 11) is 0. The van der Waals surface area contributed by atoms with Crippen LogP contribution in [0.2, 0.25) is 0 Å². The number of ether oxygens (including phenoxy) is 3. The molecule has 0 aliphatic rings. The molecular weight excluding hydrogens is 589 g/mol. The van der Waals surface area contributed by atoms with E-state index in [0.29, 0.717) is 12.5 Å². The predicted molar refractivity (Wildman–Crippen MR) is 109 cm³/mol. The van der Waals surface area contributed by atoms with E-state index < -0.39 is 53.7 Å². The van der Waals surface area contributed by atoms with Gasteiger partial charge >= 0.3 is 36.5 Å². The zero-order valence-electron chi connectivity index (χ0n) is 19.6. The number of benzene rings is 2. The summed E-state index contributed by atoms with van der Waals surface area (Å²) in [5.41, 5.74) is -2.71. The lowest BCUT2D eigenvalue weighted by Crippen LogP contribution is -2.61. The standard InChI is InChI=1S/C22H16F13NO4/c1-2-9-38-15-8-3-5-12(10-15)16(37)36-14-7-4-6-13(11-14)17(23,24)19(27,28)39-20(29,30)18(25,26)21(31,32)40-22(33,34)35/h3-8,10-11H,2,9H2,1H3,(H,36,37). The Balaban J connectivity index is 2.30. The Labute approximate surface area is 215 Å². The lowest BCUT2D eigenvalue weighted by Gasteiger charge is -2.35. The molecule has 0 saturated heterocycles. The van der Waals surface area contributed by atoms with Gasteiger partial charge in [0.1, 0.15) is 5.75 Å². The number of rotatable bonds is 12. The number of amides is 1. The number of hydrogen-bond donors (Lipinski definition) is 1. The summed E-state index contributed by atoms with van der Waals surface area (Å²) in [5.74, 6) is -14.3. The smallest absolute Gasteiger partial charge is 0.494 e. The Morgan fingerprint density at radius 3 is 1.90 bits per heavy atom. The summed E-state index contributed by atoms with van der Waals surface area (Å²) in [6, 6.07) is 7.01. The Hall–Kier alpha value is -3.28. The largest absolute Gasteiger partial charge is 0.527 e. The van der Waals surface area contributed by atoms with Crippen LogP contribution in [-0.2, 0) is 15.4 Å². The fourth-order valence-electron chi connectivity index (χ4n) is 2.78. The van der Waals surface area contributed by atoms with E-state index in [9.17, 15) is 61.9 Å². The van der Waals surface area contributed by atoms with Crippen LogP contribution in [-0.4, -0.2) is 43.1 Å². The Morgan fingerprint density at radius 2 is 1.32 bits per heavy atom. The maximum Gasteiger partial charge on any atom is 0.527 e. The molecular formula is C22H16F13NO4. The molecule has 0 fully saturated rings. The van der Waals surface area contributed by atoms with Crippen LogP contribution in [0, 0.1) is 0 Å². The number of carbonyl (C=O) groups is 1. The first-order valence-electron chi connectivity index (χ1n) is 10.6. The summed E-state index contributed by atoms with van der Waals surface area (Å²) in [5, 5.41) is 2.02. The van der Waals surface area contributed by atoms with Gasteiger partial charge < -0.3 is 10.1 Å². The van der Waals surface area contributed by atoms with Gasteiger partial charge in [0.15, 0.2) is 0 Å². The summed E-state index contributed by atoms with van der Waals surface area (Å²) in [4.78, 5) is 12.4. The van der Waals surface area contributed by atoms with Crippen molar-refractivity contribution in [2.24, 2.45) is 0 Å². The molecule has 2 aromatic rings. The van der Waals surface area contributed by atoms with Crippen molar-refractivity contribution >= 4 is 11.6 Å². The molecule has 1 amide bonds. The summed E-state index contributed by atoms with van der Waals surface area (Å²) in [6.45, 7) is 2.06. The maximum atomic E-state index is 14.5. The quantitative estimate of drug-likeness (QED) is 0.251. The number of hydrogen-bond acceptors (Lipinski definition) is 4. The second kappa shape index (κ2) is 11.3. The minimum atomic E-state index is -7.53. The van der Waals surface area contributed by atoms with Crippen LogP contribution >= 0.6 is 0 Å². The fraction of sp³-hybridized carbons (Fsp3) is 0.409. The van der Waals surface area contributed by atoms with E-state index >= 15 is 0 Å². The molecule has 0 bridgehead atoms. The highest BCUT2D eigenvalue weighted by molar-refractivity contribution is 6.04. The third kappa shape index (κ3) is 7.26. The van der Waals surface area contributed by atoms with Crippen molar-refractivity contribution in [3.05, 3.63) is 59.7 Å². The molecule has 2 rings (SSSR count). The number of nitrogens with one attached hydrogen (secondary N) is 1. The predicted octanol–water partition coefficient (Wildman–Crippen LogP) is 7.79. The molecule has 0 saturated carbocycles. The van der Waals surface area contributed by atoms with Gasteiger partial charge in [-0.15, -0.1) is 13.2 Å². The SMILES string of the molecule is CCCOc1cccc(C(=O)Nc2cccc(C(F)(F)C(F)(F)OC(F)(F)C(F)(F)C(F)(F)OC(F)(F)F)c2)c1. The highest BCUT2D eigenvalue weighted by Gasteiger charge is 2.80. The summed E-state index contributed by atoms with van der Waals surface area (Å²) in [6.07, 6.45) is -27.4. The molecule has 224 valence electrons. The molecule has 0 aromatic heterocycles. The molecule has 2 aromatic carbocycles. The van der Waals surface area contributed by atoms with Crippen LogP contribution in [0.5, 0.6) is 5.75 Å². The first kappa shape index (κ1) is 32.9. The van der Waals surface area contributed by atoms with Gasteiger partial charge in [0, 0.05) is 16.8 Å². The van der Waals surface area contributed by atoms with Gasteiger partial charge in [0.05, 0.1) is 6.61 Å². The molecule has 0 unspecified atom stereocenters. The van der Waals surface area contributed by atoms with Gasteiger partial charge in [0.25, 0.3) is 5.91 Å². The summed E-state index contributed by atoms with van der Waals surface area (Å²) < 4.78 is 182. The zero-order chi connectivity index (χ0) is 30.8. The molecule has 0 aliphatic heterocycles. The van der Waals surface area contributed by atoms with Crippen molar-refractivity contribution in [3.63, 3.8) is 0 Å². The first-order valence-corrected chi connectivity index (χ1v) is 10.6. The van der Waals surface area contributed by atoms with Crippen LogP contribution < -0.4 is 10.1 Å². The van der Waals surface area contributed by atoms with Crippen LogP contribution in [0.3, 0.4) is 0 Å². The molecule has 40 heavy (non-hydrogen) atoms. The van der Waals surface area contributed by atoms with E-state index in [1.54, 1.807) is 11.7 Å². The summed E-state index contributed by atoms with van der Waals surface area (Å²) >= 11 is 0. The van der Waals surface area contributed by atoms with Crippen LogP contribution in [0.25, 0.3) is 0 Å². The minimum absolute atomic E-state index is 0.0876. The minimum Gasteiger partial charge on any atom is -0.494 e. The molecule has 0 aliphatic carbocycles. The zero-order valence-corrected chi connectivity index (χ0v) is 19.6. The van der Waals surface area contributed by atoms with E-state index in [2.05, 4.69) is 4.74 Å². The second-order valence-electron chi connectivity index (χ2n) is 7.76. The Kier molecular flexibility index (Phi) is 9.31. The van der Waals surface area contributed by atoms with Gasteiger partial charge in [-0.2, -0.15) is 43.9 Å². The third-order valence-corrected chi connectivity index (χ3v) is 4.65. The molecule has 1 N–H and O–H groups in total. The van der Waals surface area contributed by atoms with Gasteiger partial charge in [-0.05, 0) is 36.8 Å². The topological polar surface area (TPSA) is 56.8 Å². The molecule has 5 nitrogen and oxygen atoms in total. The van der Waals surface area contributed by atoms with Crippen molar-refractivity contribution in [2.75, 3.05) is 11.9 Å². The number of alkyl halides is 13. The van der Waals surface area contributed by atoms with Crippen molar-refractivity contribution < 1.29 is 76.1 Å². The van der Waals surface area contributed by atoms with Gasteiger partial charge in [-0.3, -0.25) is 4.79 Å². The highest BCUT2D eigenvalue weighted by atomic mass is 19.4. The highest BCUT2D eigenvalue weighted by Crippen LogP contribution is 2.54. The Bertz CT molecular complexity index is 1190. The third-order valence-electron chi connectivity index (χ3n) is 4.65. The van der Waals surface area contributed by atoms with Crippen molar-refractivity contribution in [1.82, 2.24) is 0 Å². The fourth-order valence-corrected chi connectivity index (χ4v) is 2.78. The van der Waals surface area contributed by atoms with E-state index in [1.165, 1.54) is 24.3 Å². The average molecular weight is 605 g/mol. The number of carbonyl (C=O) groups excluding carboxylic acids is 1. The lowest BCUT2D eigenvalue weighted by molar-refractivity contribution is -0.535. The monoisotopic (exact) mass is 605 g/mol. The molecule has 0 heterocycles. The molecule has 0 spiro atoms. The maximum absolute atomic E-state index is 14.5. The first-order chi connectivity index (χ1) is 18.1. The number of anilines is 1. The molecule has 18 heteroatoms. The van der Waals surface area contributed by atoms with Crippen LogP contribution in [0.4, 0.5) is 62.8 Å². The van der Waals surface area contributed by atoms with Crippen molar-refractivity contribution in [2.45, 2.75) is 49.9 Å². The van der Waals surface area contributed by atoms with Crippen LogP contribution in [0.15, 0.2) is 48.5 Å². The molecule has 0 radical (unpaired) electrons. The van der Waals surface area contributed by atoms with E-state index in [4.69, 9.17) is 4.74 Å². The van der Waals surface area contributed by atoms with E-state index in [0.717, 1.165) is 6.07 Å². The second-order valence-corrected chi connectivity index (χ2v) is 7.76.